The van der Waals surface area contributed by atoms with Crippen molar-refractivity contribution < 1.29 is 9.84 Å². The number of ether oxygens (including phenoxy) is 1. The lowest BCUT2D eigenvalue weighted by atomic mass is 9.66. The molecule has 2 bridgehead atoms. The summed E-state index contributed by atoms with van der Waals surface area (Å²) in [7, 11) is 0. The van der Waals surface area contributed by atoms with E-state index in [1.807, 2.05) is 0 Å². The second kappa shape index (κ2) is 4.83. The van der Waals surface area contributed by atoms with Gasteiger partial charge in [-0.25, -0.2) is 0 Å². The summed E-state index contributed by atoms with van der Waals surface area (Å²) < 4.78 is 5.84. The standard InChI is InChI=1S/C15H23NO2/c16-10-15(9-12-7-8-13(15)18-12)14(17)11-5-3-1-2-4-6-11/h11-14,17H,1-9H2. The van der Waals surface area contributed by atoms with E-state index >= 15 is 0 Å². The number of rotatable bonds is 2. The molecule has 4 atom stereocenters. The molecular weight excluding hydrogens is 226 g/mol. The van der Waals surface area contributed by atoms with Crippen LogP contribution in [-0.2, 0) is 4.74 Å². The Morgan fingerprint density at radius 1 is 1.11 bits per heavy atom. The van der Waals surface area contributed by atoms with E-state index in [2.05, 4.69) is 6.07 Å². The van der Waals surface area contributed by atoms with Crippen molar-refractivity contribution in [2.75, 3.05) is 0 Å². The summed E-state index contributed by atoms with van der Waals surface area (Å²) in [5.74, 6) is 0.315. The third kappa shape index (κ3) is 1.87. The summed E-state index contributed by atoms with van der Waals surface area (Å²) in [6.07, 6.45) is 9.69. The Morgan fingerprint density at radius 3 is 2.33 bits per heavy atom. The SMILES string of the molecule is N#CC1(C(O)C2CCCCCC2)CC2CCC1O2. The minimum atomic E-state index is -0.599. The molecule has 3 fully saturated rings. The zero-order valence-electron chi connectivity index (χ0n) is 11.0. The van der Waals surface area contributed by atoms with Gasteiger partial charge in [-0.1, -0.05) is 25.7 Å². The predicted molar refractivity (Wildman–Crippen MR) is 67.8 cm³/mol. The molecule has 4 unspecified atom stereocenters. The Morgan fingerprint density at radius 2 is 1.83 bits per heavy atom. The first-order valence-corrected chi connectivity index (χ1v) is 7.51. The van der Waals surface area contributed by atoms with Crippen LogP contribution in [0.1, 0.15) is 57.8 Å². The van der Waals surface area contributed by atoms with Crippen molar-refractivity contribution in [3.05, 3.63) is 0 Å². The van der Waals surface area contributed by atoms with Gasteiger partial charge in [0.05, 0.1) is 24.4 Å². The number of hydrogen-bond acceptors (Lipinski definition) is 3. The van der Waals surface area contributed by atoms with E-state index < -0.39 is 11.5 Å². The van der Waals surface area contributed by atoms with E-state index in [1.54, 1.807) is 0 Å². The number of aliphatic hydroxyl groups excluding tert-OH is 1. The lowest BCUT2D eigenvalue weighted by Crippen LogP contribution is -2.46. The van der Waals surface area contributed by atoms with Crippen molar-refractivity contribution in [3.8, 4) is 6.07 Å². The van der Waals surface area contributed by atoms with Crippen LogP contribution in [0.5, 0.6) is 0 Å². The predicted octanol–water partition coefficient (Wildman–Crippen LogP) is 2.78. The molecule has 1 N–H and O–H groups in total. The molecule has 18 heavy (non-hydrogen) atoms. The van der Waals surface area contributed by atoms with Crippen LogP contribution in [0, 0.1) is 22.7 Å². The fourth-order valence-electron chi connectivity index (χ4n) is 4.29. The van der Waals surface area contributed by atoms with E-state index in [0.717, 1.165) is 32.1 Å². The third-order valence-corrected chi connectivity index (χ3v) is 5.33. The average molecular weight is 249 g/mol. The van der Waals surface area contributed by atoms with Gasteiger partial charge in [0.1, 0.15) is 5.41 Å². The van der Waals surface area contributed by atoms with E-state index in [1.165, 1.54) is 25.7 Å². The van der Waals surface area contributed by atoms with Crippen LogP contribution < -0.4 is 0 Å². The van der Waals surface area contributed by atoms with Gasteiger partial charge in [0, 0.05) is 0 Å². The summed E-state index contributed by atoms with van der Waals surface area (Å²) in [5.41, 5.74) is -0.599. The number of nitriles is 1. The second-order valence-electron chi connectivity index (χ2n) is 6.38. The molecule has 0 aromatic carbocycles. The zero-order valence-corrected chi connectivity index (χ0v) is 11.0. The molecule has 2 heterocycles. The molecule has 0 amide bonds. The lowest BCUT2D eigenvalue weighted by molar-refractivity contribution is -0.0316. The van der Waals surface area contributed by atoms with Gasteiger partial charge < -0.3 is 9.84 Å². The topological polar surface area (TPSA) is 53.2 Å². The maximum atomic E-state index is 10.8. The van der Waals surface area contributed by atoms with E-state index in [4.69, 9.17) is 4.74 Å². The molecule has 0 radical (unpaired) electrons. The Labute approximate surface area is 109 Å². The van der Waals surface area contributed by atoms with Crippen molar-refractivity contribution >= 4 is 0 Å². The minimum Gasteiger partial charge on any atom is -0.391 e. The van der Waals surface area contributed by atoms with Crippen LogP contribution in [-0.4, -0.2) is 23.4 Å². The molecule has 3 heteroatoms. The van der Waals surface area contributed by atoms with Gasteiger partial charge in [-0.3, -0.25) is 0 Å². The molecule has 0 aromatic heterocycles. The number of hydrogen-bond donors (Lipinski definition) is 1. The third-order valence-electron chi connectivity index (χ3n) is 5.33. The van der Waals surface area contributed by atoms with E-state index in [0.29, 0.717) is 5.92 Å². The van der Waals surface area contributed by atoms with Crippen molar-refractivity contribution in [2.24, 2.45) is 11.3 Å². The highest BCUT2D eigenvalue weighted by Crippen LogP contribution is 2.52. The Hall–Kier alpha value is -0.590. The zero-order chi connectivity index (χ0) is 12.6. The number of fused-ring (bicyclic) bond motifs is 2. The molecule has 3 rings (SSSR count). The fourth-order valence-corrected chi connectivity index (χ4v) is 4.29. The van der Waals surface area contributed by atoms with Gasteiger partial charge in [0.25, 0.3) is 0 Å². The van der Waals surface area contributed by atoms with Crippen LogP contribution >= 0.6 is 0 Å². The maximum Gasteiger partial charge on any atom is 0.112 e. The quantitative estimate of drug-likeness (QED) is 0.766. The largest absolute Gasteiger partial charge is 0.391 e. The highest BCUT2D eigenvalue weighted by atomic mass is 16.5. The fraction of sp³-hybridized carbons (Fsp3) is 0.933. The van der Waals surface area contributed by atoms with Gasteiger partial charge in [0.2, 0.25) is 0 Å². The average Bonchev–Trinajstić information content (AvgIpc) is 2.89. The van der Waals surface area contributed by atoms with Crippen LogP contribution in [0.4, 0.5) is 0 Å². The lowest BCUT2D eigenvalue weighted by Gasteiger charge is -2.37. The summed E-state index contributed by atoms with van der Waals surface area (Å²) in [4.78, 5) is 0. The molecule has 2 aliphatic heterocycles. The maximum absolute atomic E-state index is 10.8. The first-order valence-electron chi connectivity index (χ1n) is 7.51. The van der Waals surface area contributed by atoms with E-state index in [-0.39, 0.29) is 12.2 Å². The number of nitrogens with zero attached hydrogens (tertiary/aromatic N) is 1. The van der Waals surface area contributed by atoms with Gasteiger partial charge in [-0.2, -0.15) is 5.26 Å². The van der Waals surface area contributed by atoms with Crippen molar-refractivity contribution in [2.45, 2.75) is 76.1 Å². The summed E-state index contributed by atoms with van der Waals surface area (Å²) in [6.45, 7) is 0. The molecule has 2 saturated heterocycles. The van der Waals surface area contributed by atoms with Crippen LogP contribution in [0.25, 0.3) is 0 Å². The molecule has 1 saturated carbocycles. The summed E-state index contributed by atoms with van der Waals surface area (Å²) in [6, 6.07) is 2.45. The molecule has 1 aliphatic carbocycles. The second-order valence-corrected chi connectivity index (χ2v) is 6.38. The molecule has 3 nitrogen and oxygen atoms in total. The smallest absolute Gasteiger partial charge is 0.112 e. The van der Waals surface area contributed by atoms with Crippen molar-refractivity contribution in [3.63, 3.8) is 0 Å². The monoisotopic (exact) mass is 249 g/mol. The summed E-state index contributed by atoms with van der Waals surface area (Å²) in [5, 5.41) is 20.4. The molecule has 0 spiro atoms. The van der Waals surface area contributed by atoms with Crippen LogP contribution in [0.15, 0.2) is 0 Å². The van der Waals surface area contributed by atoms with Crippen LogP contribution in [0.3, 0.4) is 0 Å². The molecule has 100 valence electrons. The van der Waals surface area contributed by atoms with Crippen molar-refractivity contribution in [1.29, 1.82) is 5.26 Å². The van der Waals surface area contributed by atoms with Gasteiger partial charge >= 0.3 is 0 Å². The molecule has 3 aliphatic rings. The van der Waals surface area contributed by atoms with Crippen LogP contribution in [0.2, 0.25) is 0 Å². The normalized spacial score (nSPS) is 42.4. The van der Waals surface area contributed by atoms with E-state index in [9.17, 15) is 10.4 Å². The summed E-state index contributed by atoms with van der Waals surface area (Å²) >= 11 is 0. The Bertz CT molecular complexity index is 343. The van der Waals surface area contributed by atoms with Gasteiger partial charge in [-0.15, -0.1) is 0 Å². The molecular formula is C15H23NO2. The first-order chi connectivity index (χ1) is 8.76. The Balaban J connectivity index is 1.77. The molecule has 0 aromatic rings. The first kappa shape index (κ1) is 12.4. The van der Waals surface area contributed by atoms with Gasteiger partial charge in [-0.05, 0) is 38.0 Å². The van der Waals surface area contributed by atoms with Crippen molar-refractivity contribution in [1.82, 2.24) is 0 Å². The highest BCUT2D eigenvalue weighted by molar-refractivity contribution is 5.16. The number of aliphatic hydroxyl groups is 1. The Kier molecular flexibility index (Phi) is 3.34. The highest BCUT2D eigenvalue weighted by Gasteiger charge is 2.58. The van der Waals surface area contributed by atoms with Gasteiger partial charge in [0.15, 0.2) is 0 Å². The minimum absolute atomic E-state index is 0.00856.